The lowest BCUT2D eigenvalue weighted by atomic mass is 9.89. The molecule has 1 aliphatic heterocycles. The molecule has 0 radical (unpaired) electrons. The van der Waals surface area contributed by atoms with Crippen LogP contribution in [0.4, 0.5) is 5.95 Å². The van der Waals surface area contributed by atoms with Gasteiger partial charge in [-0.2, -0.15) is 0 Å². The van der Waals surface area contributed by atoms with Gasteiger partial charge in [-0.25, -0.2) is 4.98 Å². The smallest absolute Gasteiger partial charge is 0.293 e. The monoisotopic (exact) mass is 491 g/mol. The molecule has 2 aromatic heterocycles. The molecule has 8 nitrogen and oxygen atoms in total. The number of carbonyl (C=O) groups excluding carboxylic acids is 1. The number of rotatable bonds is 5. The number of pyridine rings is 1. The molecule has 35 heavy (non-hydrogen) atoms. The second-order valence-electron chi connectivity index (χ2n) is 8.84. The molecule has 3 aromatic rings. The van der Waals surface area contributed by atoms with Crippen molar-refractivity contribution in [1.29, 1.82) is 0 Å². The molecule has 1 aliphatic carbocycles. The van der Waals surface area contributed by atoms with Crippen LogP contribution in [0.1, 0.15) is 57.7 Å². The molecule has 5 rings (SSSR count). The molecule has 0 saturated carbocycles. The summed E-state index contributed by atoms with van der Waals surface area (Å²) in [5, 5.41) is 3.83. The molecule has 1 atom stereocenters. The van der Waals surface area contributed by atoms with Gasteiger partial charge in [-0.05, 0) is 47.2 Å². The predicted molar refractivity (Wildman–Crippen MR) is 135 cm³/mol. The fourth-order valence-corrected chi connectivity index (χ4v) is 4.67. The first kappa shape index (κ1) is 23.1. The van der Waals surface area contributed by atoms with E-state index in [1.165, 1.54) is 7.11 Å². The van der Waals surface area contributed by atoms with Gasteiger partial charge in [0.15, 0.2) is 0 Å². The van der Waals surface area contributed by atoms with Crippen LogP contribution in [0.2, 0.25) is 5.02 Å². The number of hydrogen-bond donors (Lipinski definition) is 1. The van der Waals surface area contributed by atoms with Crippen molar-refractivity contribution in [3.63, 3.8) is 0 Å². The summed E-state index contributed by atoms with van der Waals surface area (Å²) in [6.07, 6.45) is 7.40. The minimum atomic E-state index is -0.330. The first-order valence-corrected chi connectivity index (χ1v) is 12.0. The van der Waals surface area contributed by atoms with E-state index in [0.717, 1.165) is 27.8 Å². The summed E-state index contributed by atoms with van der Waals surface area (Å²) in [5.74, 6) is 0.510. The van der Waals surface area contributed by atoms with E-state index in [2.05, 4.69) is 28.3 Å². The van der Waals surface area contributed by atoms with Gasteiger partial charge in [-0.3, -0.25) is 14.6 Å². The van der Waals surface area contributed by atoms with Gasteiger partial charge in [0.2, 0.25) is 5.95 Å². The van der Waals surface area contributed by atoms with Crippen LogP contribution < -0.4 is 15.7 Å². The molecule has 0 bridgehead atoms. The average molecular weight is 492 g/mol. The number of nitrogens with zero attached hydrogens (tertiary/aromatic N) is 4. The van der Waals surface area contributed by atoms with Crippen molar-refractivity contribution in [2.45, 2.75) is 38.8 Å². The summed E-state index contributed by atoms with van der Waals surface area (Å²) in [4.78, 5) is 42.6. The molecule has 1 amide bonds. The van der Waals surface area contributed by atoms with E-state index in [1.807, 2.05) is 36.4 Å². The Kier molecular flexibility index (Phi) is 6.30. The van der Waals surface area contributed by atoms with E-state index in [1.54, 1.807) is 11.1 Å². The zero-order valence-electron chi connectivity index (χ0n) is 19.6. The summed E-state index contributed by atoms with van der Waals surface area (Å²) < 4.78 is 1.13. The Morgan fingerprint density at radius 3 is 2.86 bits per heavy atom. The second-order valence-corrected chi connectivity index (χ2v) is 9.27. The van der Waals surface area contributed by atoms with Gasteiger partial charge >= 0.3 is 0 Å². The Hall–Kier alpha value is -3.65. The highest BCUT2D eigenvalue weighted by molar-refractivity contribution is 6.30. The predicted octanol–water partition coefficient (Wildman–Crippen LogP) is 3.68. The van der Waals surface area contributed by atoms with Gasteiger partial charge in [0.1, 0.15) is 12.8 Å². The van der Waals surface area contributed by atoms with Crippen molar-refractivity contribution >= 4 is 29.5 Å². The zero-order chi connectivity index (χ0) is 24.5. The SMILES string of the molecule is COn1c(NCc2ccc(Cl)cc2)nc2c(c1=O)CN(C(=O)c1cc3c(cn1)C(C)CC=C3)CC2. The molecule has 1 N–H and O–H groups in total. The minimum absolute atomic E-state index is 0.159. The first-order chi connectivity index (χ1) is 16.9. The van der Waals surface area contributed by atoms with E-state index >= 15 is 0 Å². The van der Waals surface area contributed by atoms with Crippen LogP contribution >= 0.6 is 11.6 Å². The number of carbonyl (C=O) groups is 1. The lowest BCUT2D eigenvalue weighted by Crippen LogP contribution is -2.42. The Morgan fingerprint density at radius 2 is 2.09 bits per heavy atom. The van der Waals surface area contributed by atoms with Crippen molar-refractivity contribution in [3.05, 3.63) is 91.6 Å². The number of anilines is 1. The molecule has 0 saturated heterocycles. The molecule has 180 valence electrons. The number of fused-ring (bicyclic) bond motifs is 2. The van der Waals surface area contributed by atoms with Gasteiger partial charge in [0.25, 0.3) is 11.5 Å². The number of nitrogens with one attached hydrogen (secondary N) is 1. The fourth-order valence-electron chi connectivity index (χ4n) is 4.54. The van der Waals surface area contributed by atoms with E-state index in [0.29, 0.717) is 53.4 Å². The van der Waals surface area contributed by atoms with Crippen molar-refractivity contribution < 1.29 is 9.63 Å². The molecule has 0 fully saturated rings. The highest BCUT2D eigenvalue weighted by Crippen LogP contribution is 2.29. The fraction of sp³-hybridized carbons (Fsp3) is 0.308. The van der Waals surface area contributed by atoms with Gasteiger partial charge < -0.3 is 15.1 Å². The van der Waals surface area contributed by atoms with Crippen molar-refractivity contribution in [3.8, 4) is 0 Å². The Balaban J connectivity index is 1.37. The Labute approximate surface area is 208 Å². The minimum Gasteiger partial charge on any atom is -0.411 e. The molecule has 3 heterocycles. The van der Waals surface area contributed by atoms with E-state index in [4.69, 9.17) is 16.4 Å². The van der Waals surface area contributed by atoms with Gasteiger partial charge in [0.05, 0.1) is 17.8 Å². The third-order valence-electron chi connectivity index (χ3n) is 6.53. The van der Waals surface area contributed by atoms with E-state index in [9.17, 15) is 9.59 Å². The molecular weight excluding hydrogens is 466 g/mol. The van der Waals surface area contributed by atoms with E-state index in [-0.39, 0.29) is 18.0 Å². The largest absolute Gasteiger partial charge is 0.411 e. The topological polar surface area (TPSA) is 89.4 Å². The molecule has 1 aromatic carbocycles. The number of amides is 1. The maximum Gasteiger partial charge on any atom is 0.293 e. The highest BCUT2D eigenvalue weighted by atomic mass is 35.5. The number of allylic oxidation sites excluding steroid dienone is 1. The van der Waals surface area contributed by atoms with Crippen LogP contribution in [0.5, 0.6) is 0 Å². The number of hydrogen-bond acceptors (Lipinski definition) is 6. The summed E-state index contributed by atoms with van der Waals surface area (Å²) in [6.45, 7) is 3.22. The third-order valence-corrected chi connectivity index (χ3v) is 6.78. The van der Waals surface area contributed by atoms with Crippen molar-refractivity contribution in [1.82, 2.24) is 19.6 Å². The van der Waals surface area contributed by atoms with Gasteiger partial charge in [0, 0.05) is 30.7 Å². The van der Waals surface area contributed by atoms with E-state index < -0.39 is 0 Å². The third kappa shape index (κ3) is 4.53. The number of benzene rings is 1. The quantitative estimate of drug-likeness (QED) is 0.585. The van der Waals surface area contributed by atoms with Crippen LogP contribution in [0.25, 0.3) is 6.08 Å². The standard InChI is InChI=1S/C26H26ClN5O3/c1-16-4-3-5-18-12-23(28-14-20(16)18)25(34)31-11-10-22-21(15-31)24(33)32(35-2)26(30-22)29-13-17-6-8-19(27)9-7-17/h3,5-9,12,14,16H,4,10-11,13,15H2,1-2H3,(H,29,30). The second kappa shape index (κ2) is 9.54. The van der Waals surface area contributed by atoms with Crippen molar-refractivity contribution in [2.75, 3.05) is 19.0 Å². The Bertz CT molecular complexity index is 1370. The molecule has 1 unspecified atom stereocenters. The van der Waals surface area contributed by atoms with Gasteiger partial charge in [-0.1, -0.05) is 42.8 Å². The molecular formula is C26H26ClN5O3. The normalized spacial score (nSPS) is 16.4. The summed E-state index contributed by atoms with van der Waals surface area (Å²) in [6, 6.07) is 9.26. The molecule has 2 aliphatic rings. The Morgan fingerprint density at radius 1 is 1.29 bits per heavy atom. The number of aromatic nitrogens is 3. The highest BCUT2D eigenvalue weighted by Gasteiger charge is 2.28. The van der Waals surface area contributed by atoms with Crippen molar-refractivity contribution in [2.24, 2.45) is 0 Å². The molecule has 9 heteroatoms. The summed E-state index contributed by atoms with van der Waals surface area (Å²) in [5.41, 5.74) is 4.34. The van der Waals surface area contributed by atoms with Gasteiger partial charge in [-0.15, -0.1) is 4.73 Å². The van der Waals surface area contributed by atoms with Crippen LogP contribution in [-0.4, -0.2) is 39.2 Å². The lowest BCUT2D eigenvalue weighted by molar-refractivity contribution is 0.0722. The summed E-state index contributed by atoms with van der Waals surface area (Å²) >= 11 is 5.95. The average Bonchev–Trinajstić information content (AvgIpc) is 2.88. The zero-order valence-corrected chi connectivity index (χ0v) is 20.4. The van der Waals surface area contributed by atoms with Crippen LogP contribution in [0.3, 0.4) is 0 Å². The maximum atomic E-state index is 13.2. The molecule has 0 spiro atoms. The van der Waals surface area contributed by atoms with Crippen LogP contribution in [0.15, 0.2) is 47.4 Å². The summed E-state index contributed by atoms with van der Waals surface area (Å²) in [7, 11) is 1.42. The lowest BCUT2D eigenvalue weighted by Gasteiger charge is -2.29. The number of halogens is 1. The van der Waals surface area contributed by atoms with Crippen LogP contribution in [0, 0.1) is 0 Å². The maximum absolute atomic E-state index is 13.2. The van der Waals surface area contributed by atoms with Crippen LogP contribution in [-0.2, 0) is 19.5 Å². The first-order valence-electron chi connectivity index (χ1n) is 11.6.